The standard InChI is InChI=1S/C23H22Cl2N2O4S/c1-26(15-17-8-11-19(31-2)12-9-17)23(28)16-27(22-14-18(24)10-13-21(22)25)32(29,30)20-6-4-3-5-7-20/h3-14H,15-16H2,1-2H3. The molecule has 0 saturated carbocycles. The summed E-state index contributed by atoms with van der Waals surface area (Å²) in [6.45, 7) is -0.144. The highest BCUT2D eigenvalue weighted by Crippen LogP contribution is 2.33. The summed E-state index contributed by atoms with van der Waals surface area (Å²) in [6, 6.07) is 19.6. The second kappa shape index (κ2) is 10.3. The van der Waals surface area contributed by atoms with Gasteiger partial charge in [-0.25, -0.2) is 8.42 Å². The van der Waals surface area contributed by atoms with Crippen molar-refractivity contribution in [2.24, 2.45) is 0 Å². The monoisotopic (exact) mass is 492 g/mol. The highest BCUT2D eigenvalue weighted by atomic mass is 35.5. The fourth-order valence-corrected chi connectivity index (χ4v) is 4.91. The third-order valence-corrected chi connectivity index (χ3v) is 7.12. The lowest BCUT2D eigenvalue weighted by Gasteiger charge is -2.27. The van der Waals surface area contributed by atoms with Crippen molar-refractivity contribution in [3.8, 4) is 5.75 Å². The zero-order valence-electron chi connectivity index (χ0n) is 17.5. The number of carbonyl (C=O) groups is 1. The van der Waals surface area contributed by atoms with E-state index in [0.29, 0.717) is 17.3 Å². The second-order valence-electron chi connectivity index (χ2n) is 7.02. The van der Waals surface area contributed by atoms with Gasteiger partial charge in [0.05, 0.1) is 22.7 Å². The smallest absolute Gasteiger partial charge is 0.264 e. The first-order chi connectivity index (χ1) is 15.2. The van der Waals surface area contributed by atoms with Crippen molar-refractivity contribution in [3.63, 3.8) is 0 Å². The molecule has 1 amide bonds. The van der Waals surface area contributed by atoms with Gasteiger partial charge in [0.25, 0.3) is 10.0 Å². The van der Waals surface area contributed by atoms with Crippen molar-refractivity contribution in [1.82, 2.24) is 4.90 Å². The Morgan fingerprint density at radius 3 is 2.25 bits per heavy atom. The van der Waals surface area contributed by atoms with Crippen molar-refractivity contribution in [2.45, 2.75) is 11.4 Å². The Bertz CT molecular complexity index is 1190. The molecule has 32 heavy (non-hydrogen) atoms. The molecule has 0 heterocycles. The van der Waals surface area contributed by atoms with Crippen LogP contribution in [0.25, 0.3) is 0 Å². The van der Waals surface area contributed by atoms with Crippen LogP contribution in [0.1, 0.15) is 5.56 Å². The van der Waals surface area contributed by atoms with E-state index in [4.69, 9.17) is 27.9 Å². The van der Waals surface area contributed by atoms with Gasteiger partial charge < -0.3 is 9.64 Å². The maximum atomic E-state index is 13.4. The number of likely N-dealkylation sites (N-methyl/N-ethyl adjacent to an activating group) is 1. The van der Waals surface area contributed by atoms with E-state index in [-0.39, 0.29) is 15.6 Å². The van der Waals surface area contributed by atoms with E-state index >= 15 is 0 Å². The number of ether oxygens (including phenoxy) is 1. The number of amides is 1. The summed E-state index contributed by atoms with van der Waals surface area (Å²) in [5.74, 6) is 0.301. The van der Waals surface area contributed by atoms with Crippen LogP contribution in [0.15, 0.2) is 77.7 Å². The van der Waals surface area contributed by atoms with Crippen LogP contribution in [0, 0.1) is 0 Å². The molecule has 0 bridgehead atoms. The summed E-state index contributed by atoms with van der Waals surface area (Å²) in [5.41, 5.74) is 1.01. The molecule has 0 fully saturated rings. The summed E-state index contributed by atoms with van der Waals surface area (Å²) in [7, 11) is -0.890. The maximum absolute atomic E-state index is 13.4. The predicted molar refractivity (Wildman–Crippen MR) is 127 cm³/mol. The van der Waals surface area contributed by atoms with Crippen LogP contribution in [0.4, 0.5) is 5.69 Å². The Labute approximate surface area is 198 Å². The Kier molecular flexibility index (Phi) is 7.66. The van der Waals surface area contributed by atoms with E-state index in [1.165, 1.54) is 29.2 Å². The molecule has 0 aliphatic carbocycles. The van der Waals surface area contributed by atoms with E-state index in [1.807, 2.05) is 12.1 Å². The van der Waals surface area contributed by atoms with Gasteiger partial charge in [0.15, 0.2) is 0 Å². The number of hydrogen-bond donors (Lipinski definition) is 0. The number of nitrogens with zero attached hydrogens (tertiary/aromatic N) is 2. The molecular formula is C23H22Cl2N2O4S. The lowest BCUT2D eigenvalue weighted by atomic mass is 10.2. The topological polar surface area (TPSA) is 66.9 Å². The maximum Gasteiger partial charge on any atom is 0.264 e. The minimum atomic E-state index is -4.08. The van der Waals surface area contributed by atoms with Crippen molar-refractivity contribution in [1.29, 1.82) is 0 Å². The molecule has 0 spiro atoms. The van der Waals surface area contributed by atoms with Gasteiger partial charge in [0.1, 0.15) is 12.3 Å². The first-order valence-corrected chi connectivity index (χ1v) is 11.8. The largest absolute Gasteiger partial charge is 0.497 e. The van der Waals surface area contributed by atoms with Crippen molar-refractivity contribution in [2.75, 3.05) is 25.0 Å². The summed E-state index contributed by atoms with van der Waals surface area (Å²) in [4.78, 5) is 14.5. The molecule has 0 aliphatic rings. The zero-order chi connectivity index (χ0) is 23.3. The molecule has 0 radical (unpaired) electrons. The van der Waals surface area contributed by atoms with Crippen LogP contribution in [0.2, 0.25) is 10.0 Å². The second-order valence-corrected chi connectivity index (χ2v) is 9.72. The summed E-state index contributed by atoms with van der Waals surface area (Å²) >= 11 is 12.4. The molecule has 9 heteroatoms. The molecule has 0 saturated heterocycles. The van der Waals surface area contributed by atoms with Crippen LogP contribution >= 0.6 is 23.2 Å². The average Bonchev–Trinajstić information content (AvgIpc) is 2.80. The Balaban J connectivity index is 1.91. The number of methoxy groups -OCH3 is 1. The van der Waals surface area contributed by atoms with Gasteiger partial charge in [-0.05, 0) is 48.0 Å². The molecule has 3 rings (SSSR count). The molecular weight excluding hydrogens is 471 g/mol. The molecule has 168 valence electrons. The Morgan fingerprint density at radius 2 is 1.62 bits per heavy atom. The molecule has 0 aliphatic heterocycles. The van der Waals surface area contributed by atoms with Gasteiger partial charge in [-0.1, -0.05) is 53.5 Å². The summed E-state index contributed by atoms with van der Waals surface area (Å²) in [5, 5.41) is 0.469. The number of rotatable bonds is 8. The molecule has 0 N–H and O–H groups in total. The van der Waals surface area contributed by atoms with Crippen molar-refractivity contribution >= 4 is 44.8 Å². The lowest BCUT2D eigenvalue weighted by molar-refractivity contribution is -0.128. The van der Waals surface area contributed by atoms with Crippen LogP contribution < -0.4 is 9.04 Å². The van der Waals surface area contributed by atoms with Gasteiger partial charge in [0.2, 0.25) is 5.91 Å². The van der Waals surface area contributed by atoms with Crippen LogP contribution in [-0.2, 0) is 21.4 Å². The van der Waals surface area contributed by atoms with Gasteiger partial charge in [-0.2, -0.15) is 0 Å². The number of sulfonamides is 1. The minimum absolute atomic E-state index is 0.0432. The first kappa shape index (κ1) is 23.9. The first-order valence-electron chi connectivity index (χ1n) is 9.62. The number of benzene rings is 3. The normalized spacial score (nSPS) is 11.1. The number of halogens is 2. The van der Waals surface area contributed by atoms with E-state index in [1.54, 1.807) is 50.6 Å². The van der Waals surface area contributed by atoms with E-state index in [9.17, 15) is 13.2 Å². The van der Waals surface area contributed by atoms with Gasteiger partial charge >= 0.3 is 0 Å². The van der Waals surface area contributed by atoms with E-state index in [2.05, 4.69) is 0 Å². The quantitative estimate of drug-likeness (QED) is 0.450. The van der Waals surface area contributed by atoms with Crippen molar-refractivity contribution < 1.29 is 17.9 Å². The Hall–Kier alpha value is -2.74. The molecule has 3 aromatic carbocycles. The van der Waals surface area contributed by atoms with E-state index in [0.717, 1.165) is 9.87 Å². The number of anilines is 1. The van der Waals surface area contributed by atoms with Gasteiger partial charge in [-0.3, -0.25) is 9.10 Å². The molecule has 0 aromatic heterocycles. The molecule has 0 unspecified atom stereocenters. The molecule has 0 atom stereocenters. The molecule has 3 aromatic rings. The highest BCUT2D eigenvalue weighted by molar-refractivity contribution is 7.92. The van der Waals surface area contributed by atoms with Crippen molar-refractivity contribution in [3.05, 3.63) is 88.4 Å². The summed E-state index contributed by atoms with van der Waals surface area (Å²) in [6.07, 6.45) is 0. The lowest BCUT2D eigenvalue weighted by Crippen LogP contribution is -2.41. The molecule has 6 nitrogen and oxygen atoms in total. The third kappa shape index (κ3) is 5.54. The van der Waals surface area contributed by atoms with Crippen LogP contribution in [0.5, 0.6) is 5.75 Å². The minimum Gasteiger partial charge on any atom is -0.497 e. The number of hydrogen-bond acceptors (Lipinski definition) is 4. The van der Waals surface area contributed by atoms with Crippen LogP contribution in [0.3, 0.4) is 0 Å². The Morgan fingerprint density at radius 1 is 0.969 bits per heavy atom. The fourth-order valence-electron chi connectivity index (χ4n) is 3.03. The number of carbonyl (C=O) groups excluding carboxylic acids is 1. The average molecular weight is 493 g/mol. The fraction of sp³-hybridized carbons (Fsp3) is 0.174. The highest BCUT2D eigenvalue weighted by Gasteiger charge is 2.30. The third-order valence-electron chi connectivity index (χ3n) is 4.79. The predicted octanol–water partition coefficient (Wildman–Crippen LogP) is 4.86. The SMILES string of the molecule is COc1ccc(CN(C)C(=O)CN(c2cc(Cl)ccc2Cl)S(=O)(=O)c2ccccc2)cc1. The van der Waals surface area contributed by atoms with Gasteiger partial charge in [-0.15, -0.1) is 0 Å². The van der Waals surface area contributed by atoms with E-state index < -0.39 is 22.5 Å². The van der Waals surface area contributed by atoms with Gasteiger partial charge in [0, 0.05) is 18.6 Å². The zero-order valence-corrected chi connectivity index (χ0v) is 19.9. The summed E-state index contributed by atoms with van der Waals surface area (Å²) < 4.78 is 33.0. The van der Waals surface area contributed by atoms with Crippen LogP contribution in [-0.4, -0.2) is 39.9 Å².